The number of hydrogen-bond donors (Lipinski definition) is 2. The van der Waals surface area contributed by atoms with Crippen LogP contribution in [0.25, 0.3) is 0 Å². The van der Waals surface area contributed by atoms with E-state index in [1.54, 1.807) is 0 Å². The molecule has 3 N–H and O–H groups in total. The van der Waals surface area contributed by atoms with Crippen LogP contribution in [0.3, 0.4) is 0 Å². The number of ether oxygens (including phenoxy) is 1. The lowest BCUT2D eigenvalue weighted by Crippen LogP contribution is -2.37. The molecule has 1 heterocycles. The highest BCUT2D eigenvalue weighted by molar-refractivity contribution is 9.11. The van der Waals surface area contributed by atoms with Crippen LogP contribution in [-0.2, 0) is 4.74 Å². The van der Waals surface area contributed by atoms with E-state index in [0.717, 1.165) is 35.0 Å². The van der Waals surface area contributed by atoms with Gasteiger partial charge in [0.05, 0.1) is 12.6 Å². The summed E-state index contributed by atoms with van der Waals surface area (Å²) in [6.07, 6.45) is 2.25. The van der Waals surface area contributed by atoms with Crippen molar-refractivity contribution in [2.24, 2.45) is 11.8 Å². The summed E-state index contributed by atoms with van der Waals surface area (Å²) in [5.41, 5.74) is 4.10. The molecule has 1 aliphatic rings. The van der Waals surface area contributed by atoms with Gasteiger partial charge in [-0.25, -0.2) is 0 Å². The Morgan fingerprint density at radius 2 is 2.24 bits per heavy atom. The minimum atomic E-state index is 0.127. The fourth-order valence-corrected chi connectivity index (χ4v) is 3.13. The fourth-order valence-electron chi connectivity index (χ4n) is 2.26. The van der Waals surface area contributed by atoms with Gasteiger partial charge in [-0.05, 0) is 36.6 Å². The maximum Gasteiger partial charge on any atom is 0.0521 e. The van der Waals surface area contributed by atoms with Crippen molar-refractivity contribution in [1.82, 2.24) is 5.43 Å². The summed E-state index contributed by atoms with van der Waals surface area (Å²) in [6, 6.07) is 6.28. The molecule has 0 bridgehead atoms. The average Bonchev–Trinajstić information content (AvgIpc) is 2.36. The van der Waals surface area contributed by atoms with Crippen molar-refractivity contribution >= 4 is 31.9 Å². The molecule has 1 saturated heterocycles. The number of nitrogens with two attached hydrogens (primary N) is 1. The normalized spacial score (nSPS) is 22.4. The molecule has 0 saturated carbocycles. The molecule has 0 aliphatic carbocycles. The van der Waals surface area contributed by atoms with Gasteiger partial charge in [0.25, 0.3) is 0 Å². The fraction of sp³-hybridized carbons (Fsp3) is 0.500. The Morgan fingerprint density at radius 1 is 1.41 bits per heavy atom. The van der Waals surface area contributed by atoms with Crippen LogP contribution in [0.15, 0.2) is 27.1 Å². The molecule has 1 aliphatic heterocycles. The van der Waals surface area contributed by atoms with Crippen molar-refractivity contribution in [3.63, 3.8) is 0 Å². The lowest BCUT2D eigenvalue weighted by atomic mass is 9.89. The third-order valence-electron chi connectivity index (χ3n) is 3.14. The second-order valence-corrected chi connectivity index (χ2v) is 6.06. The van der Waals surface area contributed by atoms with Crippen molar-refractivity contribution in [3.05, 3.63) is 32.7 Å². The Kier molecular flexibility index (Phi) is 4.99. The molecule has 17 heavy (non-hydrogen) atoms. The maximum atomic E-state index is 5.71. The number of rotatable bonds is 3. The van der Waals surface area contributed by atoms with E-state index >= 15 is 0 Å². The van der Waals surface area contributed by atoms with E-state index in [2.05, 4.69) is 43.4 Å². The minimum absolute atomic E-state index is 0.127. The van der Waals surface area contributed by atoms with Crippen LogP contribution < -0.4 is 11.3 Å². The summed E-state index contributed by atoms with van der Waals surface area (Å²) in [4.78, 5) is 0. The lowest BCUT2D eigenvalue weighted by molar-refractivity contribution is 0.0389. The van der Waals surface area contributed by atoms with Crippen LogP contribution in [0.2, 0.25) is 0 Å². The van der Waals surface area contributed by atoms with Crippen LogP contribution in [0.4, 0.5) is 0 Å². The van der Waals surface area contributed by atoms with Crippen molar-refractivity contribution in [2.75, 3.05) is 13.2 Å². The third-order valence-corrected chi connectivity index (χ3v) is 4.36. The molecule has 5 heteroatoms. The van der Waals surface area contributed by atoms with Crippen molar-refractivity contribution < 1.29 is 4.74 Å². The topological polar surface area (TPSA) is 47.3 Å². The molecule has 0 amide bonds. The molecule has 3 nitrogen and oxygen atoms in total. The largest absolute Gasteiger partial charge is 0.381 e. The van der Waals surface area contributed by atoms with E-state index < -0.39 is 0 Å². The minimum Gasteiger partial charge on any atom is -0.381 e. The highest BCUT2D eigenvalue weighted by atomic mass is 79.9. The van der Waals surface area contributed by atoms with Gasteiger partial charge in [0.2, 0.25) is 0 Å². The number of nitrogens with one attached hydrogen (secondary N) is 1. The van der Waals surface area contributed by atoms with Gasteiger partial charge < -0.3 is 4.74 Å². The molecule has 1 aromatic carbocycles. The quantitative estimate of drug-likeness (QED) is 0.640. The zero-order chi connectivity index (χ0) is 12.3. The molecule has 2 unspecified atom stereocenters. The third kappa shape index (κ3) is 3.29. The summed E-state index contributed by atoms with van der Waals surface area (Å²) in [5, 5.41) is 0. The van der Waals surface area contributed by atoms with Gasteiger partial charge in [-0.2, -0.15) is 0 Å². The second-order valence-electron chi connectivity index (χ2n) is 4.29. The van der Waals surface area contributed by atoms with Crippen LogP contribution in [0.5, 0.6) is 0 Å². The van der Waals surface area contributed by atoms with Crippen LogP contribution in [0, 0.1) is 5.92 Å². The van der Waals surface area contributed by atoms with Crippen LogP contribution in [0.1, 0.15) is 24.4 Å². The van der Waals surface area contributed by atoms with Gasteiger partial charge in [-0.3, -0.25) is 11.3 Å². The van der Waals surface area contributed by atoms with Gasteiger partial charge in [-0.1, -0.05) is 31.9 Å². The molecular weight excluding hydrogens is 348 g/mol. The monoisotopic (exact) mass is 362 g/mol. The van der Waals surface area contributed by atoms with E-state index in [0.29, 0.717) is 5.92 Å². The first-order chi connectivity index (χ1) is 8.22. The predicted molar refractivity (Wildman–Crippen MR) is 75.4 cm³/mol. The van der Waals surface area contributed by atoms with Crippen molar-refractivity contribution in [2.45, 2.75) is 18.9 Å². The zero-order valence-electron chi connectivity index (χ0n) is 9.46. The number of hydrazine groups is 1. The molecule has 0 aromatic heterocycles. The van der Waals surface area contributed by atoms with E-state index in [4.69, 9.17) is 10.6 Å². The number of halogens is 2. The second kappa shape index (κ2) is 6.29. The first-order valence-electron chi connectivity index (χ1n) is 5.71. The summed E-state index contributed by atoms with van der Waals surface area (Å²) < 4.78 is 7.67. The van der Waals surface area contributed by atoms with Gasteiger partial charge in [-0.15, -0.1) is 0 Å². The van der Waals surface area contributed by atoms with Gasteiger partial charge in [0.15, 0.2) is 0 Å². The molecule has 1 aromatic rings. The first kappa shape index (κ1) is 13.5. The molecular formula is C12H16Br2N2O. The van der Waals surface area contributed by atoms with Crippen molar-refractivity contribution in [1.29, 1.82) is 0 Å². The highest BCUT2D eigenvalue weighted by Gasteiger charge is 2.26. The van der Waals surface area contributed by atoms with E-state index in [-0.39, 0.29) is 6.04 Å². The summed E-state index contributed by atoms with van der Waals surface area (Å²) in [5.74, 6) is 6.14. The predicted octanol–water partition coefficient (Wildman–Crippen LogP) is 3.14. The number of benzene rings is 1. The van der Waals surface area contributed by atoms with Gasteiger partial charge in [0, 0.05) is 21.5 Å². The Morgan fingerprint density at radius 3 is 2.88 bits per heavy atom. The molecule has 94 valence electrons. The smallest absolute Gasteiger partial charge is 0.0521 e. The molecule has 0 radical (unpaired) electrons. The summed E-state index contributed by atoms with van der Waals surface area (Å²) >= 11 is 7.08. The SMILES string of the molecule is NNC(c1cc(Br)ccc1Br)C1CCCOC1. The van der Waals surface area contributed by atoms with E-state index in [1.807, 2.05) is 12.1 Å². The Labute approximate surface area is 118 Å². The molecule has 0 spiro atoms. The lowest BCUT2D eigenvalue weighted by Gasteiger charge is -2.30. The van der Waals surface area contributed by atoms with E-state index in [1.165, 1.54) is 5.56 Å². The van der Waals surface area contributed by atoms with Gasteiger partial charge in [0.1, 0.15) is 0 Å². The summed E-state index contributed by atoms with van der Waals surface area (Å²) in [7, 11) is 0. The molecule has 1 fully saturated rings. The Balaban J connectivity index is 2.24. The van der Waals surface area contributed by atoms with Crippen LogP contribution >= 0.6 is 31.9 Å². The zero-order valence-corrected chi connectivity index (χ0v) is 12.6. The van der Waals surface area contributed by atoms with E-state index in [9.17, 15) is 0 Å². The Hall–Kier alpha value is 0.0600. The number of hydrogen-bond acceptors (Lipinski definition) is 3. The van der Waals surface area contributed by atoms with Crippen molar-refractivity contribution in [3.8, 4) is 0 Å². The molecule has 2 atom stereocenters. The van der Waals surface area contributed by atoms with Gasteiger partial charge >= 0.3 is 0 Å². The first-order valence-corrected chi connectivity index (χ1v) is 7.30. The standard InChI is InChI=1S/C12H16Br2N2O/c13-9-3-4-11(14)10(6-9)12(16-15)8-2-1-5-17-7-8/h3-4,6,8,12,16H,1-2,5,7,15H2. The summed E-state index contributed by atoms with van der Waals surface area (Å²) in [6.45, 7) is 1.64. The molecule has 2 rings (SSSR count). The maximum absolute atomic E-state index is 5.71. The Bertz CT molecular complexity index is 381. The van der Waals surface area contributed by atoms with Crippen LogP contribution in [-0.4, -0.2) is 13.2 Å². The average molecular weight is 364 g/mol. The highest BCUT2D eigenvalue weighted by Crippen LogP contribution is 2.34.